The lowest BCUT2D eigenvalue weighted by atomic mass is 9.95. The van der Waals surface area contributed by atoms with Gasteiger partial charge in [0, 0.05) is 11.4 Å². The van der Waals surface area contributed by atoms with Gasteiger partial charge in [0.05, 0.1) is 0 Å². The van der Waals surface area contributed by atoms with Crippen LogP contribution in [0.3, 0.4) is 0 Å². The van der Waals surface area contributed by atoms with E-state index in [-0.39, 0.29) is 5.41 Å². The van der Waals surface area contributed by atoms with Gasteiger partial charge in [0.25, 0.3) is 0 Å². The summed E-state index contributed by atoms with van der Waals surface area (Å²) in [6, 6.07) is 2.02. The first-order chi connectivity index (χ1) is 6.47. The van der Waals surface area contributed by atoms with Crippen LogP contribution in [0, 0.1) is 11.3 Å². The third-order valence-electron chi connectivity index (χ3n) is 2.61. The van der Waals surface area contributed by atoms with Crippen LogP contribution in [-0.2, 0) is 12.0 Å². The summed E-state index contributed by atoms with van der Waals surface area (Å²) in [6.07, 6.45) is 2.71. The highest BCUT2D eigenvalue weighted by atomic mass is 32.1. The normalized spacial score (nSPS) is 17.4. The van der Waals surface area contributed by atoms with Crippen molar-refractivity contribution in [2.24, 2.45) is 5.92 Å². The molecule has 0 unspecified atom stereocenters. The van der Waals surface area contributed by atoms with Gasteiger partial charge in [-0.3, -0.25) is 9.37 Å². The van der Waals surface area contributed by atoms with Crippen molar-refractivity contribution in [1.82, 2.24) is 3.96 Å². The molecule has 2 nitrogen and oxygen atoms in total. The highest BCUT2D eigenvalue weighted by Gasteiger charge is 2.24. The molecular formula is C11H18N2S. The average molecular weight is 210 g/mol. The summed E-state index contributed by atoms with van der Waals surface area (Å²) in [4.78, 5) is 1.32. The van der Waals surface area contributed by atoms with Gasteiger partial charge in [0.2, 0.25) is 0 Å². The van der Waals surface area contributed by atoms with Crippen LogP contribution < -0.4 is 5.49 Å². The van der Waals surface area contributed by atoms with Gasteiger partial charge in [0.1, 0.15) is 5.49 Å². The van der Waals surface area contributed by atoms with E-state index in [1.165, 1.54) is 17.7 Å². The first kappa shape index (κ1) is 9.97. The van der Waals surface area contributed by atoms with E-state index in [1.807, 2.05) is 6.07 Å². The van der Waals surface area contributed by atoms with Crippen molar-refractivity contribution in [2.75, 3.05) is 0 Å². The molecule has 1 aromatic heterocycles. The minimum absolute atomic E-state index is 0.190. The Morgan fingerprint density at radius 3 is 2.57 bits per heavy atom. The molecule has 0 bridgehead atoms. The van der Waals surface area contributed by atoms with Crippen LogP contribution in [0.25, 0.3) is 0 Å². The summed E-state index contributed by atoms with van der Waals surface area (Å²) < 4.78 is 2.14. The number of rotatable bonds is 2. The summed E-state index contributed by atoms with van der Waals surface area (Å²) in [5.41, 5.74) is 0.877. The fraction of sp³-hybridized carbons (Fsp3) is 0.727. The monoisotopic (exact) mass is 210 g/mol. The number of nitrogens with zero attached hydrogens (tertiary/aromatic N) is 1. The molecule has 1 fully saturated rings. The highest BCUT2D eigenvalue weighted by molar-refractivity contribution is 7.06. The van der Waals surface area contributed by atoms with E-state index in [2.05, 4.69) is 24.7 Å². The van der Waals surface area contributed by atoms with Gasteiger partial charge in [-0.1, -0.05) is 32.3 Å². The molecule has 14 heavy (non-hydrogen) atoms. The smallest absolute Gasteiger partial charge is 0.135 e. The average Bonchev–Trinajstić information content (AvgIpc) is 2.76. The maximum atomic E-state index is 7.87. The van der Waals surface area contributed by atoms with Gasteiger partial charge in [0.15, 0.2) is 0 Å². The van der Waals surface area contributed by atoms with Crippen molar-refractivity contribution < 1.29 is 0 Å². The zero-order valence-electron chi connectivity index (χ0n) is 9.13. The quantitative estimate of drug-likeness (QED) is 0.777. The van der Waals surface area contributed by atoms with Gasteiger partial charge < -0.3 is 0 Å². The van der Waals surface area contributed by atoms with Crippen LogP contribution >= 0.6 is 11.5 Å². The van der Waals surface area contributed by atoms with E-state index < -0.39 is 0 Å². The van der Waals surface area contributed by atoms with Gasteiger partial charge >= 0.3 is 0 Å². The first-order valence-electron chi connectivity index (χ1n) is 5.23. The molecule has 0 atom stereocenters. The molecule has 1 saturated carbocycles. The summed E-state index contributed by atoms with van der Waals surface area (Å²) >= 11 is 1.76. The Balaban J connectivity index is 2.24. The van der Waals surface area contributed by atoms with Gasteiger partial charge in [-0.05, 0) is 30.2 Å². The van der Waals surface area contributed by atoms with Crippen molar-refractivity contribution in [3.63, 3.8) is 0 Å². The lowest BCUT2D eigenvalue weighted by molar-refractivity contribution is 0.603. The van der Waals surface area contributed by atoms with Crippen molar-refractivity contribution in [1.29, 1.82) is 5.41 Å². The predicted octanol–water partition coefficient (Wildman–Crippen LogP) is 2.74. The molecule has 0 aliphatic heterocycles. The SMILES string of the molecule is CC(C)(C)c1cc(=N)n(CC2CC2)s1. The molecule has 1 heterocycles. The predicted molar refractivity (Wildman–Crippen MR) is 59.6 cm³/mol. The van der Waals surface area contributed by atoms with Crippen LogP contribution in [0.5, 0.6) is 0 Å². The second-order valence-corrected chi connectivity index (χ2v) is 6.30. The number of hydrogen-bond acceptors (Lipinski definition) is 2. The molecule has 78 valence electrons. The van der Waals surface area contributed by atoms with Gasteiger partial charge in [-0.25, -0.2) is 0 Å². The topological polar surface area (TPSA) is 28.8 Å². The summed E-state index contributed by atoms with van der Waals surface area (Å²) in [7, 11) is 0. The van der Waals surface area contributed by atoms with Crippen LogP contribution in [0.15, 0.2) is 6.07 Å². The second kappa shape index (κ2) is 3.23. The lowest BCUT2D eigenvalue weighted by Gasteiger charge is -2.14. The maximum Gasteiger partial charge on any atom is 0.135 e. The molecule has 2 rings (SSSR count). The van der Waals surface area contributed by atoms with Crippen molar-refractivity contribution in [3.05, 3.63) is 16.4 Å². The van der Waals surface area contributed by atoms with Gasteiger partial charge in [-0.15, -0.1) is 0 Å². The number of hydrogen-bond donors (Lipinski definition) is 1. The molecule has 0 saturated heterocycles. The fourth-order valence-electron chi connectivity index (χ4n) is 1.41. The molecule has 1 N–H and O–H groups in total. The van der Waals surface area contributed by atoms with Crippen molar-refractivity contribution >= 4 is 11.5 Å². The number of aromatic nitrogens is 1. The highest BCUT2D eigenvalue weighted by Crippen LogP contribution is 2.32. The van der Waals surface area contributed by atoms with Crippen LogP contribution in [-0.4, -0.2) is 3.96 Å². The minimum atomic E-state index is 0.190. The third-order valence-corrected chi connectivity index (χ3v) is 4.10. The van der Waals surface area contributed by atoms with Crippen LogP contribution in [0.4, 0.5) is 0 Å². The Kier molecular flexibility index (Phi) is 2.30. The fourth-order valence-corrected chi connectivity index (χ4v) is 2.53. The zero-order valence-corrected chi connectivity index (χ0v) is 9.95. The molecule has 0 aromatic carbocycles. The molecule has 1 aromatic rings. The molecular weight excluding hydrogens is 192 g/mol. The Hall–Kier alpha value is -0.570. The number of nitrogens with one attached hydrogen (secondary N) is 1. The van der Waals surface area contributed by atoms with E-state index in [9.17, 15) is 0 Å². The van der Waals surface area contributed by atoms with Crippen molar-refractivity contribution in [3.8, 4) is 0 Å². The van der Waals surface area contributed by atoms with E-state index in [4.69, 9.17) is 5.41 Å². The Morgan fingerprint density at radius 2 is 2.14 bits per heavy atom. The van der Waals surface area contributed by atoms with Crippen LogP contribution in [0.1, 0.15) is 38.5 Å². The van der Waals surface area contributed by atoms with E-state index >= 15 is 0 Å². The Morgan fingerprint density at radius 1 is 1.50 bits per heavy atom. The standard InChI is InChI=1S/C11H18N2S/c1-11(2,3)9-6-10(12)13(14-9)7-8-4-5-8/h6,8,12H,4-5,7H2,1-3H3. The molecule has 0 spiro atoms. The minimum Gasteiger partial charge on any atom is -0.284 e. The molecule has 1 aliphatic rings. The van der Waals surface area contributed by atoms with Gasteiger partial charge in [-0.2, -0.15) is 0 Å². The Labute approximate surface area is 89.2 Å². The Bertz CT molecular complexity index is 377. The maximum absolute atomic E-state index is 7.87. The second-order valence-electron chi connectivity index (χ2n) is 5.24. The van der Waals surface area contributed by atoms with Crippen LogP contribution in [0.2, 0.25) is 0 Å². The summed E-state index contributed by atoms with van der Waals surface area (Å²) in [6.45, 7) is 7.69. The largest absolute Gasteiger partial charge is 0.284 e. The summed E-state index contributed by atoms with van der Waals surface area (Å²) in [5, 5.41) is 7.87. The van der Waals surface area contributed by atoms with E-state index in [0.29, 0.717) is 5.49 Å². The van der Waals surface area contributed by atoms with E-state index in [0.717, 1.165) is 12.5 Å². The lowest BCUT2D eigenvalue weighted by Crippen LogP contribution is -2.13. The zero-order chi connectivity index (χ0) is 10.3. The van der Waals surface area contributed by atoms with Crippen molar-refractivity contribution in [2.45, 2.75) is 45.6 Å². The summed E-state index contributed by atoms with van der Waals surface area (Å²) in [5.74, 6) is 0.857. The molecule has 3 heteroatoms. The first-order valence-corrected chi connectivity index (χ1v) is 6.00. The van der Waals surface area contributed by atoms with E-state index in [1.54, 1.807) is 11.5 Å². The molecule has 1 aliphatic carbocycles. The molecule has 0 radical (unpaired) electrons. The molecule has 0 amide bonds. The third kappa shape index (κ3) is 2.08.